The topological polar surface area (TPSA) is 61.6 Å². The van der Waals surface area contributed by atoms with Crippen LogP contribution in [0.15, 0.2) is 22.7 Å². The van der Waals surface area contributed by atoms with Crippen molar-refractivity contribution in [3.05, 3.63) is 34.0 Å². The fraction of sp³-hybridized carbons (Fsp3) is 0.333. The van der Waals surface area contributed by atoms with E-state index in [1.54, 1.807) is 25.1 Å². The summed E-state index contributed by atoms with van der Waals surface area (Å²) in [6.07, 6.45) is 1.12. The van der Waals surface area contributed by atoms with Crippen LogP contribution in [0.5, 0.6) is 5.75 Å². The predicted molar refractivity (Wildman–Crippen MR) is 91.2 cm³/mol. The Balaban J connectivity index is 2.18. The smallest absolute Gasteiger partial charge is 0.388 e. The lowest BCUT2D eigenvalue weighted by Crippen LogP contribution is -2.08. The normalized spacial score (nSPS) is 10.6. The Hall–Kier alpha value is -1.37. The molecule has 0 spiro atoms. The number of carbonyl (C=O) groups is 1. The van der Waals surface area contributed by atoms with Gasteiger partial charge in [-0.25, -0.2) is 4.79 Å². The Kier molecular flexibility index (Phi) is 6.62. The number of halogens is 2. The van der Waals surface area contributed by atoms with Crippen LogP contribution in [0.25, 0.3) is 11.3 Å². The molecule has 0 saturated heterocycles. The van der Waals surface area contributed by atoms with Crippen molar-refractivity contribution in [3.63, 3.8) is 0 Å². The van der Waals surface area contributed by atoms with Gasteiger partial charge in [0.25, 0.3) is 0 Å². The van der Waals surface area contributed by atoms with Crippen molar-refractivity contribution in [3.8, 4) is 17.0 Å². The number of rotatable bonds is 6. The van der Waals surface area contributed by atoms with Crippen LogP contribution in [0.1, 0.15) is 25.5 Å². The Labute approximate surface area is 148 Å². The fourth-order valence-corrected chi connectivity index (χ4v) is 2.96. The molecule has 8 heteroatoms. The van der Waals surface area contributed by atoms with Crippen molar-refractivity contribution >= 4 is 41.4 Å². The first-order chi connectivity index (χ1) is 11.0. The number of unbranched alkanes of at least 4 members (excludes halogenated alkanes) is 1. The third-order valence-electron chi connectivity index (χ3n) is 2.90. The van der Waals surface area contributed by atoms with Gasteiger partial charge in [0.2, 0.25) is 5.75 Å². The third-order valence-corrected chi connectivity index (χ3v) is 4.24. The number of nitrogens with zero attached hydrogens (tertiary/aromatic N) is 1. The van der Waals surface area contributed by atoms with E-state index in [9.17, 15) is 4.79 Å². The SMILES string of the molecule is CCCCSOC(=O)Oc1c(-c2c(Cl)cccc2Cl)noc1C. The number of hydrogen-bond donors (Lipinski definition) is 0. The standard InChI is InChI=1S/C15H15Cl2NO4S/c1-3-4-8-23-22-15(19)20-14-9(2)21-18-13(14)12-10(16)6-5-7-11(12)17/h5-7H,3-4,8H2,1-2H3. The average Bonchev–Trinajstić information content (AvgIpc) is 2.85. The largest absolute Gasteiger partial charge is 0.526 e. The highest BCUT2D eigenvalue weighted by Crippen LogP contribution is 2.40. The van der Waals surface area contributed by atoms with Gasteiger partial charge in [0.1, 0.15) is 0 Å². The molecule has 0 amide bonds. The van der Waals surface area contributed by atoms with Gasteiger partial charge in [-0.3, -0.25) is 0 Å². The summed E-state index contributed by atoms with van der Waals surface area (Å²) in [6.45, 7) is 3.67. The van der Waals surface area contributed by atoms with Crippen LogP contribution in [-0.2, 0) is 4.18 Å². The van der Waals surface area contributed by atoms with Crippen LogP contribution < -0.4 is 4.74 Å². The van der Waals surface area contributed by atoms with Crippen LogP contribution in [0.2, 0.25) is 10.0 Å². The molecule has 124 valence electrons. The van der Waals surface area contributed by atoms with E-state index >= 15 is 0 Å². The molecule has 2 rings (SSSR count). The van der Waals surface area contributed by atoms with Crippen molar-refractivity contribution in [1.29, 1.82) is 0 Å². The van der Waals surface area contributed by atoms with Gasteiger partial charge in [0.05, 0.1) is 22.1 Å². The zero-order valence-electron chi connectivity index (χ0n) is 12.6. The third kappa shape index (κ3) is 4.56. The lowest BCUT2D eigenvalue weighted by atomic mass is 10.1. The highest BCUT2D eigenvalue weighted by atomic mass is 35.5. The van der Waals surface area contributed by atoms with E-state index < -0.39 is 6.16 Å². The Morgan fingerprint density at radius 3 is 2.70 bits per heavy atom. The number of aromatic nitrogens is 1. The van der Waals surface area contributed by atoms with Gasteiger partial charge >= 0.3 is 6.16 Å². The van der Waals surface area contributed by atoms with Crippen LogP contribution in [-0.4, -0.2) is 17.1 Å². The van der Waals surface area contributed by atoms with Crippen LogP contribution in [0, 0.1) is 6.92 Å². The Morgan fingerprint density at radius 1 is 1.35 bits per heavy atom. The molecular formula is C15H15Cl2NO4S. The molecule has 0 bridgehead atoms. The molecule has 0 aliphatic carbocycles. The lowest BCUT2D eigenvalue weighted by Gasteiger charge is -2.07. The summed E-state index contributed by atoms with van der Waals surface area (Å²) < 4.78 is 15.2. The zero-order valence-corrected chi connectivity index (χ0v) is 14.9. The van der Waals surface area contributed by atoms with Gasteiger partial charge in [0.15, 0.2) is 11.5 Å². The first-order valence-electron chi connectivity index (χ1n) is 6.96. The second kappa shape index (κ2) is 8.47. The number of aryl methyl sites for hydroxylation is 1. The zero-order chi connectivity index (χ0) is 16.8. The van der Waals surface area contributed by atoms with Gasteiger partial charge in [0, 0.05) is 18.2 Å². The molecule has 0 N–H and O–H groups in total. The van der Waals surface area contributed by atoms with E-state index in [0.717, 1.165) is 24.9 Å². The van der Waals surface area contributed by atoms with Crippen molar-refractivity contribution < 1.29 is 18.2 Å². The van der Waals surface area contributed by atoms with E-state index in [4.69, 9.17) is 36.6 Å². The fourth-order valence-electron chi connectivity index (χ4n) is 1.76. The summed E-state index contributed by atoms with van der Waals surface area (Å²) in [5.41, 5.74) is 0.697. The lowest BCUT2D eigenvalue weighted by molar-refractivity contribution is 0.159. The minimum atomic E-state index is -0.846. The van der Waals surface area contributed by atoms with E-state index in [1.165, 1.54) is 0 Å². The second-order valence-corrected chi connectivity index (χ2v) is 6.25. The summed E-state index contributed by atoms with van der Waals surface area (Å²) in [5, 5.41) is 4.64. The minimum Gasteiger partial charge on any atom is -0.388 e. The summed E-state index contributed by atoms with van der Waals surface area (Å²) in [5.74, 6) is 1.17. The highest BCUT2D eigenvalue weighted by molar-refractivity contribution is 7.95. The maximum absolute atomic E-state index is 11.8. The van der Waals surface area contributed by atoms with Gasteiger partial charge in [-0.2, -0.15) is 0 Å². The number of carbonyl (C=O) groups excluding carboxylic acids is 1. The Bertz CT molecular complexity index is 670. The molecule has 1 aromatic carbocycles. The van der Waals surface area contributed by atoms with Crippen molar-refractivity contribution in [2.24, 2.45) is 0 Å². The minimum absolute atomic E-state index is 0.140. The first kappa shape index (κ1) is 18.0. The van der Waals surface area contributed by atoms with Crippen LogP contribution in [0.3, 0.4) is 0 Å². The molecule has 5 nitrogen and oxygen atoms in total. The van der Waals surface area contributed by atoms with Crippen LogP contribution in [0.4, 0.5) is 4.79 Å². The molecule has 0 unspecified atom stereocenters. The summed E-state index contributed by atoms with van der Waals surface area (Å²) in [4.78, 5) is 11.8. The molecule has 0 atom stereocenters. The van der Waals surface area contributed by atoms with E-state index in [0.29, 0.717) is 27.1 Å². The molecule has 2 aromatic rings. The molecule has 0 saturated carbocycles. The molecular weight excluding hydrogens is 361 g/mol. The number of ether oxygens (including phenoxy) is 1. The maximum atomic E-state index is 11.8. The molecule has 23 heavy (non-hydrogen) atoms. The van der Waals surface area contributed by atoms with Gasteiger partial charge in [-0.1, -0.05) is 47.8 Å². The van der Waals surface area contributed by atoms with Crippen molar-refractivity contribution in [1.82, 2.24) is 5.16 Å². The molecule has 0 aliphatic rings. The average molecular weight is 376 g/mol. The van der Waals surface area contributed by atoms with Crippen LogP contribution >= 0.6 is 35.2 Å². The highest BCUT2D eigenvalue weighted by Gasteiger charge is 2.24. The predicted octanol–water partition coefficient (Wildman–Crippen LogP) is 5.92. The molecule has 0 radical (unpaired) electrons. The number of hydrogen-bond acceptors (Lipinski definition) is 6. The summed E-state index contributed by atoms with van der Waals surface area (Å²) in [7, 11) is 0. The van der Waals surface area contributed by atoms with Gasteiger partial charge in [-0.05, 0) is 18.6 Å². The Morgan fingerprint density at radius 2 is 2.04 bits per heavy atom. The second-order valence-electron chi connectivity index (χ2n) is 4.62. The first-order valence-corrected chi connectivity index (χ1v) is 8.63. The van der Waals surface area contributed by atoms with E-state index in [2.05, 4.69) is 12.1 Å². The van der Waals surface area contributed by atoms with Gasteiger partial charge in [-0.15, -0.1) is 0 Å². The molecule has 1 heterocycles. The molecule has 1 aromatic heterocycles. The molecule has 0 fully saturated rings. The van der Waals surface area contributed by atoms with Gasteiger partial charge < -0.3 is 13.4 Å². The van der Waals surface area contributed by atoms with E-state index in [1.807, 2.05) is 0 Å². The van der Waals surface area contributed by atoms with E-state index in [-0.39, 0.29) is 11.4 Å². The summed E-state index contributed by atoms with van der Waals surface area (Å²) >= 11 is 13.4. The maximum Gasteiger partial charge on any atom is 0.526 e. The van der Waals surface area contributed by atoms with Crippen molar-refractivity contribution in [2.45, 2.75) is 26.7 Å². The monoisotopic (exact) mass is 375 g/mol. The quantitative estimate of drug-likeness (QED) is 0.354. The van der Waals surface area contributed by atoms with Crippen molar-refractivity contribution in [2.75, 3.05) is 5.75 Å². The molecule has 0 aliphatic heterocycles. The summed E-state index contributed by atoms with van der Waals surface area (Å²) in [6, 6.07) is 5.03. The number of benzene rings is 1.